The number of pyridine rings is 1. The van der Waals surface area contributed by atoms with Crippen LogP contribution in [0.1, 0.15) is 23.0 Å². The second-order valence-corrected chi connectivity index (χ2v) is 2.45. The lowest BCUT2D eigenvalue weighted by atomic mass is 10.2. The van der Waals surface area contributed by atoms with Crippen LogP contribution in [-0.2, 0) is 0 Å². The second-order valence-electron chi connectivity index (χ2n) is 2.45. The maximum Gasteiger partial charge on any atom is 0.214 e. The highest BCUT2D eigenvalue weighted by Crippen LogP contribution is 2.11. The standard InChI is InChI=1S/C9H8N2O2/c1-6(12)8-3-7(5-10)4-9(11-8)13-2/h3-4H,1-2H3. The van der Waals surface area contributed by atoms with Gasteiger partial charge in [0.25, 0.3) is 0 Å². The summed E-state index contributed by atoms with van der Waals surface area (Å²) in [6.45, 7) is 1.39. The molecule has 0 aliphatic carbocycles. The number of ether oxygens (including phenoxy) is 1. The minimum absolute atomic E-state index is 0.185. The smallest absolute Gasteiger partial charge is 0.214 e. The topological polar surface area (TPSA) is 63.0 Å². The van der Waals surface area contributed by atoms with Crippen LogP contribution in [0.2, 0.25) is 0 Å². The van der Waals surface area contributed by atoms with Crippen LogP contribution in [0.15, 0.2) is 12.1 Å². The molecule has 1 aromatic heterocycles. The van der Waals surface area contributed by atoms with Gasteiger partial charge in [-0.25, -0.2) is 4.98 Å². The molecule has 0 unspecified atom stereocenters. The van der Waals surface area contributed by atoms with Gasteiger partial charge in [-0.3, -0.25) is 4.79 Å². The first-order valence-corrected chi connectivity index (χ1v) is 3.64. The lowest BCUT2D eigenvalue weighted by molar-refractivity contribution is 0.101. The molecule has 13 heavy (non-hydrogen) atoms. The quantitative estimate of drug-likeness (QED) is 0.634. The van der Waals surface area contributed by atoms with Crippen LogP contribution >= 0.6 is 0 Å². The molecular formula is C9H8N2O2. The number of nitriles is 1. The van der Waals surface area contributed by atoms with Crippen molar-refractivity contribution in [3.05, 3.63) is 23.4 Å². The van der Waals surface area contributed by atoms with Gasteiger partial charge in [0.1, 0.15) is 5.69 Å². The van der Waals surface area contributed by atoms with E-state index in [-0.39, 0.29) is 17.4 Å². The van der Waals surface area contributed by atoms with Gasteiger partial charge < -0.3 is 4.74 Å². The third-order valence-corrected chi connectivity index (χ3v) is 1.50. The Labute approximate surface area is 75.8 Å². The second kappa shape index (κ2) is 3.68. The zero-order valence-electron chi connectivity index (χ0n) is 7.37. The van der Waals surface area contributed by atoms with Crippen molar-refractivity contribution in [2.45, 2.75) is 6.92 Å². The van der Waals surface area contributed by atoms with Gasteiger partial charge in [-0.2, -0.15) is 5.26 Å². The van der Waals surface area contributed by atoms with E-state index in [9.17, 15) is 4.79 Å². The molecule has 66 valence electrons. The lowest BCUT2D eigenvalue weighted by Crippen LogP contribution is -1.99. The van der Waals surface area contributed by atoms with E-state index in [0.717, 1.165) is 0 Å². The largest absolute Gasteiger partial charge is 0.481 e. The molecule has 0 atom stereocenters. The molecule has 0 saturated carbocycles. The molecular weight excluding hydrogens is 168 g/mol. The molecule has 0 amide bonds. The van der Waals surface area contributed by atoms with E-state index in [2.05, 4.69) is 4.98 Å². The van der Waals surface area contributed by atoms with Crippen molar-refractivity contribution in [2.24, 2.45) is 0 Å². The Morgan fingerprint density at radius 1 is 1.62 bits per heavy atom. The van der Waals surface area contributed by atoms with Crippen LogP contribution in [0.25, 0.3) is 0 Å². The van der Waals surface area contributed by atoms with Crippen LogP contribution in [0.5, 0.6) is 5.88 Å². The average molecular weight is 176 g/mol. The Kier molecular flexibility index (Phi) is 2.60. The van der Waals surface area contributed by atoms with Gasteiger partial charge in [0.2, 0.25) is 5.88 Å². The van der Waals surface area contributed by atoms with E-state index < -0.39 is 0 Å². The molecule has 0 saturated heterocycles. The van der Waals surface area contributed by atoms with Crippen LogP contribution < -0.4 is 4.74 Å². The molecule has 1 heterocycles. The number of ketones is 1. The molecule has 1 rings (SSSR count). The van der Waals surface area contributed by atoms with Gasteiger partial charge in [-0.05, 0) is 6.07 Å². The molecule has 0 spiro atoms. The van der Waals surface area contributed by atoms with E-state index in [1.807, 2.05) is 6.07 Å². The van der Waals surface area contributed by atoms with E-state index in [0.29, 0.717) is 5.56 Å². The molecule has 1 aromatic rings. The number of carbonyl (C=O) groups is 1. The SMILES string of the molecule is COc1cc(C#N)cc(C(C)=O)n1. The molecule has 0 fully saturated rings. The van der Waals surface area contributed by atoms with Gasteiger partial charge in [-0.15, -0.1) is 0 Å². The number of Topliss-reactive ketones (excluding diaryl/α,β-unsaturated/α-hetero) is 1. The van der Waals surface area contributed by atoms with Crippen LogP contribution in [-0.4, -0.2) is 17.9 Å². The molecule has 4 heteroatoms. The van der Waals surface area contributed by atoms with E-state index in [1.54, 1.807) is 0 Å². The zero-order chi connectivity index (χ0) is 9.84. The fourth-order valence-electron chi connectivity index (χ4n) is 0.855. The summed E-state index contributed by atoms with van der Waals surface area (Å²) in [6.07, 6.45) is 0. The minimum Gasteiger partial charge on any atom is -0.481 e. The fourth-order valence-corrected chi connectivity index (χ4v) is 0.855. The Balaban J connectivity index is 3.24. The number of nitrogens with zero attached hydrogens (tertiary/aromatic N) is 2. The number of rotatable bonds is 2. The summed E-state index contributed by atoms with van der Waals surface area (Å²) in [6, 6.07) is 4.84. The molecule has 0 aliphatic heterocycles. The highest BCUT2D eigenvalue weighted by Gasteiger charge is 2.05. The maximum absolute atomic E-state index is 11.0. The normalized spacial score (nSPS) is 9.00. The Bertz CT molecular complexity index is 380. The van der Waals surface area contributed by atoms with Crippen molar-refractivity contribution in [2.75, 3.05) is 7.11 Å². The van der Waals surface area contributed by atoms with E-state index in [4.69, 9.17) is 10.00 Å². The van der Waals surface area contributed by atoms with Crippen LogP contribution in [0, 0.1) is 11.3 Å². The molecule has 4 nitrogen and oxygen atoms in total. The van der Waals surface area contributed by atoms with Crippen molar-refractivity contribution in [3.8, 4) is 11.9 Å². The van der Waals surface area contributed by atoms with Gasteiger partial charge in [-0.1, -0.05) is 0 Å². The summed E-state index contributed by atoms with van der Waals surface area (Å²) in [7, 11) is 1.44. The van der Waals surface area contributed by atoms with Gasteiger partial charge >= 0.3 is 0 Å². The molecule has 0 N–H and O–H groups in total. The highest BCUT2D eigenvalue weighted by molar-refractivity contribution is 5.92. The van der Waals surface area contributed by atoms with Crippen molar-refractivity contribution < 1.29 is 9.53 Å². The molecule has 0 bridgehead atoms. The summed E-state index contributed by atoms with van der Waals surface area (Å²) >= 11 is 0. The third kappa shape index (κ3) is 2.03. The Morgan fingerprint density at radius 3 is 2.77 bits per heavy atom. The van der Waals surface area contributed by atoms with E-state index in [1.165, 1.54) is 26.2 Å². The lowest BCUT2D eigenvalue weighted by Gasteiger charge is -2.00. The van der Waals surface area contributed by atoms with Gasteiger partial charge in [0.15, 0.2) is 5.78 Å². The summed E-state index contributed by atoms with van der Waals surface area (Å²) < 4.78 is 4.83. The Morgan fingerprint density at radius 2 is 2.31 bits per heavy atom. The fraction of sp³-hybridized carbons (Fsp3) is 0.222. The van der Waals surface area contributed by atoms with Gasteiger partial charge in [0.05, 0.1) is 18.7 Å². The zero-order valence-corrected chi connectivity index (χ0v) is 7.37. The van der Waals surface area contributed by atoms with Crippen molar-refractivity contribution in [1.29, 1.82) is 5.26 Å². The first-order valence-electron chi connectivity index (χ1n) is 3.64. The maximum atomic E-state index is 11.0. The predicted molar refractivity (Wildman–Crippen MR) is 45.5 cm³/mol. The van der Waals surface area contributed by atoms with Gasteiger partial charge in [0, 0.05) is 13.0 Å². The number of hydrogen-bond acceptors (Lipinski definition) is 4. The molecule has 0 aromatic carbocycles. The Hall–Kier alpha value is -1.89. The first-order chi connectivity index (χ1) is 6.17. The average Bonchev–Trinajstić information content (AvgIpc) is 2.16. The molecule has 0 radical (unpaired) electrons. The highest BCUT2D eigenvalue weighted by atomic mass is 16.5. The summed E-state index contributed by atoms with van der Waals surface area (Å²) in [5, 5.41) is 8.62. The summed E-state index contributed by atoms with van der Waals surface area (Å²) in [4.78, 5) is 14.8. The summed E-state index contributed by atoms with van der Waals surface area (Å²) in [5.74, 6) is 0.0969. The first kappa shape index (κ1) is 9.20. The third-order valence-electron chi connectivity index (χ3n) is 1.50. The van der Waals surface area contributed by atoms with E-state index >= 15 is 0 Å². The number of hydrogen-bond donors (Lipinski definition) is 0. The summed E-state index contributed by atoms with van der Waals surface area (Å²) in [5.41, 5.74) is 0.618. The van der Waals surface area contributed by atoms with Crippen molar-refractivity contribution in [3.63, 3.8) is 0 Å². The predicted octanol–water partition coefficient (Wildman–Crippen LogP) is 1.16. The molecule has 0 aliphatic rings. The van der Waals surface area contributed by atoms with Crippen LogP contribution in [0.4, 0.5) is 0 Å². The number of aromatic nitrogens is 1. The minimum atomic E-state index is -0.185. The monoisotopic (exact) mass is 176 g/mol. The number of carbonyl (C=O) groups excluding carboxylic acids is 1. The van der Waals surface area contributed by atoms with Crippen LogP contribution in [0.3, 0.4) is 0 Å². The van der Waals surface area contributed by atoms with Crippen molar-refractivity contribution >= 4 is 5.78 Å². The number of methoxy groups -OCH3 is 1. The van der Waals surface area contributed by atoms with Crippen molar-refractivity contribution in [1.82, 2.24) is 4.98 Å².